The van der Waals surface area contributed by atoms with Crippen molar-refractivity contribution in [3.63, 3.8) is 0 Å². The second-order valence-corrected chi connectivity index (χ2v) is 7.88. The maximum atomic E-state index is 13.0. The van der Waals surface area contributed by atoms with Crippen LogP contribution in [0.5, 0.6) is 5.88 Å². The molecule has 0 radical (unpaired) electrons. The predicted octanol–water partition coefficient (Wildman–Crippen LogP) is -0.416. The molecule has 0 spiro atoms. The SMILES string of the molecule is C=CC(=O)NCC(=O)N1CCN(S(=O)(=O)n2ccc3c(OC)nccc32)CC1. The number of methoxy groups -OCH3 is 1. The monoisotopic (exact) mass is 407 g/mol. The van der Waals surface area contributed by atoms with E-state index in [4.69, 9.17) is 4.74 Å². The number of ether oxygens (including phenoxy) is 1. The van der Waals surface area contributed by atoms with Crippen LogP contribution in [0.15, 0.2) is 37.2 Å². The van der Waals surface area contributed by atoms with Crippen molar-refractivity contribution in [3.05, 3.63) is 37.2 Å². The summed E-state index contributed by atoms with van der Waals surface area (Å²) in [5.41, 5.74) is 0.470. The van der Waals surface area contributed by atoms with Crippen LogP contribution in [0.1, 0.15) is 0 Å². The fraction of sp³-hybridized carbons (Fsp3) is 0.353. The van der Waals surface area contributed by atoms with Gasteiger partial charge >= 0.3 is 10.2 Å². The number of fused-ring (bicyclic) bond motifs is 1. The van der Waals surface area contributed by atoms with Gasteiger partial charge < -0.3 is 15.0 Å². The Morgan fingerprint density at radius 1 is 1.29 bits per heavy atom. The zero-order valence-corrected chi connectivity index (χ0v) is 16.2. The Hall–Kier alpha value is -2.92. The normalized spacial score (nSPS) is 15.4. The van der Waals surface area contributed by atoms with Crippen molar-refractivity contribution in [1.29, 1.82) is 0 Å². The van der Waals surface area contributed by atoms with Gasteiger partial charge in [0.2, 0.25) is 17.7 Å². The largest absolute Gasteiger partial charge is 0.481 e. The van der Waals surface area contributed by atoms with Crippen LogP contribution in [0.2, 0.25) is 0 Å². The third-order valence-corrected chi connectivity index (χ3v) is 6.34. The van der Waals surface area contributed by atoms with Gasteiger partial charge in [-0.15, -0.1) is 0 Å². The van der Waals surface area contributed by atoms with Gasteiger partial charge in [0.1, 0.15) is 0 Å². The Balaban J connectivity index is 1.71. The summed E-state index contributed by atoms with van der Waals surface area (Å²) < 4.78 is 33.8. The minimum Gasteiger partial charge on any atom is -0.481 e. The molecule has 0 bridgehead atoms. The molecule has 0 aliphatic carbocycles. The van der Waals surface area contributed by atoms with Crippen LogP contribution in [0.4, 0.5) is 0 Å². The molecule has 1 saturated heterocycles. The molecule has 2 aromatic rings. The molecular formula is C17H21N5O5S. The van der Waals surface area contributed by atoms with E-state index < -0.39 is 16.1 Å². The minimum atomic E-state index is -3.80. The second-order valence-electron chi connectivity index (χ2n) is 6.07. The standard InChI is InChI=1S/C17H21N5O5S/c1-3-15(23)19-12-16(24)20-8-10-21(11-9-20)28(25,26)22-7-5-13-14(22)4-6-18-17(13)27-2/h3-7H,1,8-12H2,2H3,(H,19,23). The number of nitrogens with one attached hydrogen (secondary N) is 1. The topological polar surface area (TPSA) is 114 Å². The lowest BCUT2D eigenvalue weighted by Gasteiger charge is -2.34. The maximum Gasteiger partial charge on any atom is 0.308 e. The van der Waals surface area contributed by atoms with Gasteiger partial charge in [0, 0.05) is 38.6 Å². The summed E-state index contributed by atoms with van der Waals surface area (Å²) >= 11 is 0. The number of hydrogen-bond acceptors (Lipinski definition) is 6. The Morgan fingerprint density at radius 3 is 2.64 bits per heavy atom. The first-order valence-electron chi connectivity index (χ1n) is 8.57. The van der Waals surface area contributed by atoms with Gasteiger partial charge in [0.15, 0.2) is 0 Å². The quantitative estimate of drug-likeness (QED) is 0.651. The average molecular weight is 407 g/mol. The molecule has 150 valence electrons. The number of aromatic nitrogens is 2. The van der Waals surface area contributed by atoms with Crippen molar-refractivity contribution in [3.8, 4) is 5.88 Å². The van der Waals surface area contributed by atoms with Crippen molar-refractivity contribution >= 4 is 32.9 Å². The molecule has 3 rings (SSSR count). The van der Waals surface area contributed by atoms with Crippen molar-refractivity contribution < 1.29 is 22.7 Å². The van der Waals surface area contributed by atoms with Gasteiger partial charge in [0.05, 0.1) is 24.6 Å². The molecule has 10 nitrogen and oxygen atoms in total. The molecule has 0 atom stereocenters. The van der Waals surface area contributed by atoms with Crippen LogP contribution < -0.4 is 10.1 Å². The third kappa shape index (κ3) is 3.71. The fourth-order valence-corrected chi connectivity index (χ4v) is 4.51. The van der Waals surface area contributed by atoms with Gasteiger partial charge in [-0.3, -0.25) is 9.59 Å². The summed E-state index contributed by atoms with van der Waals surface area (Å²) in [7, 11) is -2.33. The number of rotatable bonds is 6. The highest BCUT2D eigenvalue weighted by atomic mass is 32.2. The highest BCUT2D eigenvalue weighted by Gasteiger charge is 2.31. The first kappa shape index (κ1) is 19.8. The van der Waals surface area contributed by atoms with Crippen molar-refractivity contribution in [1.82, 2.24) is 23.5 Å². The summed E-state index contributed by atoms with van der Waals surface area (Å²) in [5.74, 6) is -0.350. The van der Waals surface area contributed by atoms with Crippen molar-refractivity contribution in [2.24, 2.45) is 0 Å². The van der Waals surface area contributed by atoms with Gasteiger partial charge in [-0.2, -0.15) is 12.7 Å². The van der Waals surface area contributed by atoms with Crippen LogP contribution in [0.25, 0.3) is 10.9 Å². The Morgan fingerprint density at radius 2 is 2.00 bits per heavy atom. The summed E-state index contributed by atoms with van der Waals surface area (Å²) in [6, 6.07) is 3.25. The molecule has 0 saturated carbocycles. The first-order chi connectivity index (χ1) is 13.4. The zero-order valence-electron chi connectivity index (χ0n) is 15.4. The molecule has 28 heavy (non-hydrogen) atoms. The highest BCUT2D eigenvalue weighted by molar-refractivity contribution is 7.87. The molecule has 3 heterocycles. The van der Waals surface area contributed by atoms with E-state index in [0.29, 0.717) is 16.8 Å². The Bertz CT molecular complexity index is 1010. The number of nitrogens with zero attached hydrogens (tertiary/aromatic N) is 4. The summed E-state index contributed by atoms with van der Waals surface area (Å²) in [4.78, 5) is 28.9. The van der Waals surface area contributed by atoms with E-state index in [1.54, 1.807) is 12.1 Å². The van der Waals surface area contributed by atoms with Crippen LogP contribution in [0.3, 0.4) is 0 Å². The lowest BCUT2D eigenvalue weighted by atomic mass is 10.3. The fourth-order valence-electron chi connectivity index (χ4n) is 3.02. The molecule has 2 amide bonds. The lowest BCUT2D eigenvalue weighted by Crippen LogP contribution is -2.53. The summed E-state index contributed by atoms with van der Waals surface area (Å²) in [5, 5.41) is 3.02. The summed E-state index contributed by atoms with van der Waals surface area (Å²) in [6.45, 7) is 3.97. The first-order valence-corrected chi connectivity index (χ1v) is 9.97. The molecule has 11 heteroatoms. The molecule has 1 aliphatic rings. The maximum absolute atomic E-state index is 13.0. The van der Waals surface area contributed by atoms with E-state index in [1.165, 1.54) is 32.7 Å². The van der Waals surface area contributed by atoms with E-state index in [0.717, 1.165) is 6.08 Å². The second kappa shape index (κ2) is 7.98. The van der Waals surface area contributed by atoms with Gasteiger partial charge in [-0.1, -0.05) is 6.58 Å². The summed E-state index contributed by atoms with van der Waals surface area (Å²) in [6.07, 6.45) is 4.04. The average Bonchev–Trinajstić information content (AvgIpc) is 3.16. The van der Waals surface area contributed by atoms with Crippen molar-refractivity contribution in [2.45, 2.75) is 0 Å². The van der Waals surface area contributed by atoms with E-state index in [9.17, 15) is 18.0 Å². The van der Waals surface area contributed by atoms with E-state index in [2.05, 4.69) is 16.9 Å². The molecule has 1 fully saturated rings. The minimum absolute atomic E-state index is 0.146. The third-order valence-electron chi connectivity index (χ3n) is 4.50. The number of hydrogen-bond donors (Lipinski definition) is 1. The van der Waals surface area contributed by atoms with E-state index >= 15 is 0 Å². The molecule has 2 aromatic heterocycles. The van der Waals surface area contributed by atoms with Crippen LogP contribution >= 0.6 is 0 Å². The molecule has 1 N–H and O–H groups in total. The van der Waals surface area contributed by atoms with Crippen LogP contribution in [-0.4, -0.2) is 78.2 Å². The lowest BCUT2D eigenvalue weighted by molar-refractivity contribution is -0.133. The smallest absolute Gasteiger partial charge is 0.308 e. The number of amides is 2. The van der Waals surface area contributed by atoms with Gasteiger partial charge in [0.25, 0.3) is 0 Å². The van der Waals surface area contributed by atoms with E-state index in [1.807, 2.05) is 0 Å². The number of carbonyl (C=O) groups is 2. The number of piperazine rings is 1. The zero-order chi connectivity index (χ0) is 20.3. The van der Waals surface area contributed by atoms with Crippen LogP contribution in [0, 0.1) is 0 Å². The van der Waals surface area contributed by atoms with E-state index in [-0.39, 0.29) is 38.6 Å². The number of carbonyl (C=O) groups excluding carboxylic acids is 2. The Labute approximate surface area is 162 Å². The molecule has 0 unspecified atom stereocenters. The molecular weight excluding hydrogens is 386 g/mol. The van der Waals surface area contributed by atoms with Gasteiger partial charge in [-0.05, 0) is 18.2 Å². The van der Waals surface area contributed by atoms with Crippen molar-refractivity contribution in [2.75, 3.05) is 39.8 Å². The predicted molar refractivity (Wildman–Crippen MR) is 102 cm³/mol. The molecule has 0 aromatic carbocycles. The number of pyridine rings is 1. The van der Waals surface area contributed by atoms with Crippen LogP contribution in [-0.2, 0) is 19.8 Å². The molecule has 1 aliphatic heterocycles. The highest BCUT2D eigenvalue weighted by Crippen LogP contribution is 2.26. The Kier molecular flexibility index (Phi) is 5.66. The van der Waals surface area contributed by atoms with Gasteiger partial charge in [-0.25, -0.2) is 8.96 Å².